The first-order valence-electron chi connectivity index (χ1n) is 6.46. The third-order valence-corrected chi connectivity index (χ3v) is 4.01. The molecular formula is C16H20N2S. The molecule has 0 amide bonds. The Morgan fingerprint density at radius 3 is 2.53 bits per heavy atom. The van der Waals surface area contributed by atoms with Crippen molar-refractivity contribution in [2.75, 3.05) is 7.05 Å². The van der Waals surface area contributed by atoms with Crippen molar-refractivity contribution in [2.24, 2.45) is 0 Å². The van der Waals surface area contributed by atoms with E-state index in [0.29, 0.717) is 0 Å². The van der Waals surface area contributed by atoms with Crippen molar-refractivity contribution in [3.8, 4) is 0 Å². The van der Waals surface area contributed by atoms with Gasteiger partial charge in [0.2, 0.25) is 0 Å². The van der Waals surface area contributed by atoms with Crippen LogP contribution in [0.2, 0.25) is 0 Å². The Balaban J connectivity index is 2.23. The number of pyridine rings is 1. The largest absolute Gasteiger partial charge is 0.316 e. The highest BCUT2D eigenvalue weighted by atomic mass is 32.2. The number of aromatic nitrogens is 1. The molecule has 19 heavy (non-hydrogen) atoms. The van der Waals surface area contributed by atoms with Crippen LogP contribution in [0.5, 0.6) is 0 Å². The van der Waals surface area contributed by atoms with Crippen LogP contribution in [0.4, 0.5) is 0 Å². The van der Waals surface area contributed by atoms with E-state index < -0.39 is 0 Å². The fourth-order valence-corrected chi connectivity index (χ4v) is 3.13. The van der Waals surface area contributed by atoms with Gasteiger partial charge in [-0.2, -0.15) is 0 Å². The number of hydrogen-bond donors (Lipinski definition) is 1. The van der Waals surface area contributed by atoms with Crippen LogP contribution in [-0.4, -0.2) is 12.0 Å². The molecule has 0 aliphatic rings. The summed E-state index contributed by atoms with van der Waals surface area (Å²) in [6.07, 6.45) is 0. The molecule has 0 atom stereocenters. The molecular weight excluding hydrogens is 252 g/mol. The van der Waals surface area contributed by atoms with E-state index in [9.17, 15) is 0 Å². The van der Waals surface area contributed by atoms with Crippen molar-refractivity contribution in [1.29, 1.82) is 0 Å². The van der Waals surface area contributed by atoms with Crippen molar-refractivity contribution in [3.63, 3.8) is 0 Å². The number of hydrogen-bond acceptors (Lipinski definition) is 3. The highest BCUT2D eigenvalue weighted by Gasteiger charge is 2.05. The lowest BCUT2D eigenvalue weighted by atomic mass is 10.1. The summed E-state index contributed by atoms with van der Waals surface area (Å²) in [5.74, 6) is 0. The van der Waals surface area contributed by atoms with Gasteiger partial charge in [-0.15, -0.1) is 0 Å². The van der Waals surface area contributed by atoms with Crippen LogP contribution in [0.25, 0.3) is 0 Å². The van der Waals surface area contributed by atoms with E-state index in [2.05, 4.69) is 54.5 Å². The number of aryl methyl sites for hydroxylation is 3. The van der Waals surface area contributed by atoms with Crippen LogP contribution < -0.4 is 5.32 Å². The van der Waals surface area contributed by atoms with Gasteiger partial charge in [-0.1, -0.05) is 23.9 Å². The summed E-state index contributed by atoms with van der Waals surface area (Å²) in [5, 5.41) is 4.25. The lowest BCUT2D eigenvalue weighted by Crippen LogP contribution is -2.05. The minimum atomic E-state index is 0.910. The van der Waals surface area contributed by atoms with Gasteiger partial charge in [-0.05, 0) is 62.7 Å². The number of nitrogens with one attached hydrogen (secondary N) is 1. The third-order valence-electron chi connectivity index (χ3n) is 2.91. The predicted molar refractivity (Wildman–Crippen MR) is 81.8 cm³/mol. The average molecular weight is 272 g/mol. The molecule has 0 radical (unpaired) electrons. The molecule has 0 aliphatic carbocycles. The van der Waals surface area contributed by atoms with Gasteiger partial charge in [0.25, 0.3) is 0 Å². The topological polar surface area (TPSA) is 24.9 Å². The Kier molecular flexibility index (Phi) is 4.61. The molecule has 2 rings (SSSR count). The summed E-state index contributed by atoms with van der Waals surface area (Å²) in [4.78, 5) is 5.86. The molecule has 0 bridgehead atoms. The Morgan fingerprint density at radius 2 is 1.89 bits per heavy atom. The fraction of sp³-hybridized carbons (Fsp3) is 0.312. The maximum atomic E-state index is 4.58. The van der Waals surface area contributed by atoms with E-state index in [1.807, 2.05) is 14.0 Å². The second kappa shape index (κ2) is 6.22. The summed E-state index contributed by atoms with van der Waals surface area (Å²) < 4.78 is 0. The van der Waals surface area contributed by atoms with E-state index in [1.54, 1.807) is 11.8 Å². The highest BCUT2D eigenvalue weighted by Crippen LogP contribution is 2.30. The van der Waals surface area contributed by atoms with Crippen molar-refractivity contribution < 1.29 is 0 Å². The summed E-state index contributed by atoms with van der Waals surface area (Å²) in [5.41, 5.74) is 4.96. The lowest BCUT2D eigenvalue weighted by Gasteiger charge is -2.09. The zero-order valence-corrected chi connectivity index (χ0v) is 12.8. The number of benzene rings is 1. The van der Waals surface area contributed by atoms with Gasteiger partial charge in [-0.25, -0.2) is 4.98 Å². The quantitative estimate of drug-likeness (QED) is 0.914. The van der Waals surface area contributed by atoms with Gasteiger partial charge in [0.05, 0.1) is 0 Å². The van der Waals surface area contributed by atoms with E-state index in [4.69, 9.17) is 0 Å². The van der Waals surface area contributed by atoms with Crippen LogP contribution in [0.15, 0.2) is 40.3 Å². The van der Waals surface area contributed by atoms with Gasteiger partial charge in [0.1, 0.15) is 5.03 Å². The summed E-state index contributed by atoms with van der Waals surface area (Å²) >= 11 is 1.74. The summed E-state index contributed by atoms with van der Waals surface area (Å²) in [6, 6.07) is 10.8. The smallest absolute Gasteiger partial charge is 0.101 e. The molecule has 1 aromatic carbocycles. The Hall–Kier alpha value is -1.32. The fourth-order valence-electron chi connectivity index (χ4n) is 2.11. The molecule has 0 unspecified atom stereocenters. The van der Waals surface area contributed by atoms with Gasteiger partial charge in [-0.3, -0.25) is 0 Å². The maximum absolute atomic E-state index is 4.58. The van der Waals surface area contributed by atoms with Crippen LogP contribution in [0, 0.1) is 20.8 Å². The van der Waals surface area contributed by atoms with Gasteiger partial charge >= 0.3 is 0 Å². The van der Waals surface area contributed by atoms with E-state index >= 15 is 0 Å². The van der Waals surface area contributed by atoms with Gasteiger partial charge < -0.3 is 5.32 Å². The van der Waals surface area contributed by atoms with Crippen LogP contribution in [0.3, 0.4) is 0 Å². The molecule has 100 valence electrons. The van der Waals surface area contributed by atoms with E-state index in [0.717, 1.165) is 17.3 Å². The molecule has 0 saturated heterocycles. The minimum Gasteiger partial charge on any atom is -0.316 e. The van der Waals surface area contributed by atoms with Crippen molar-refractivity contribution in [3.05, 3.63) is 52.7 Å². The van der Waals surface area contributed by atoms with E-state index in [-0.39, 0.29) is 0 Å². The number of nitrogens with zero attached hydrogens (tertiary/aromatic N) is 1. The first-order valence-corrected chi connectivity index (χ1v) is 7.27. The summed E-state index contributed by atoms with van der Waals surface area (Å²) in [6.45, 7) is 7.22. The normalized spacial score (nSPS) is 10.7. The van der Waals surface area contributed by atoms with Crippen molar-refractivity contribution >= 4 is 11.8 Å². The van der Waals surface area contributed by atoms with Gasteiger partial charge in [0.15, 0.2) is 0 Å². The van der Waals surface area contributed by atoms with Crippen LogP contribution >= 0.6 is 11.8 Å². The maximum Gasteiger partial charge on any atom is 0.101 e. The molecule has 0 spiro atoms. The number of rotatable bonds is 4. The zero-order valence-electron chi connectivity index (χ0n) is 11.9. The first kappa shape index (κ1) is 14.1. The molecule has 0 fully saturated rings. The summed E-state index contributed by atoms with van der Waals surface area (Å²) in [7, 11) is 1.97. The zero-order chi connectivity index (χ0) is 13.8. The van der Waals surface area contributed by atoms with Crippen molar-refractivity contribution in [2.45, 2.75) is 37.2 Å². The lowest BCUT2D eigenvalue weighted by molar-refractivity contribution is 0.815. The Bertz CT molecular complexity index is 559. The van der Waals surface area contributed by atoms with Crippen LogP contribution in [-0.2, 0) is 6.54 Å². The molecule has 0 aliphatic heterocycles. The molecule has 0 saturated carbocycles. The second-order valence-electron chi connectivity index (χ2n) is 4.86. The van der Waals surface area contributed by atoms with Crippen molar-refractivity contribution in [1.82, 2.24) is 10.3 Å². The minimum absolute atomic E-state index is 0.910. The Labute approximate surface area is 119 Å². The van der Waals surface area contributed by atoms with Gasteiger partial charge in [0, 0.05) is 17.1 Å². The molecule has 1 heterocycles. The monoisotopic (exact) mass is 272 g/mol. The highest BCUT2D eigenvalue weighted by molar-refractivity contribution is 7.99. The third kappa shape index (κ3) is 3.82. The average Bonchev–Trinajstić information content (AvgIpc) is 2.32. The molecule has 3 heteroatoms. The molecule has 1 N–H and O–H groups in total. The molecule has 2 aromatic rings. The van der Waals surface area contributed by atoms with Crippen LogP contribution in [0.1, 0.15) is 22.4 Å². The second-order valence-corrected chi connectivity index (χ2v) is 5.92. The molecule has 1 aromatic heterocycles. The predicted octanol–water partition coefficient (Wildman–Crippen LogP) is 3.88. The van der Waals surface area contributed by atoms with E-state index in [1.165, 1.54) is 21.6 Å². The Morgan fingerprint density at radius 1 is 1.11 bits per heavy atom. The molecule has 2 nitrogen and oxygen atoms in total. The standard InChI is InChI=1S/C16H20N2S/c1-11-7-13(3)18-16(8-11)19-15-6-5-14(10-17-4)9-12(15)2/h5-9,17H,10H2,1-4H3. The first-order chi connectivity index (χ1) is 9.08. The SMILES string of the molecule is CNCc1ccc(Sc2cc(C)cc(C)n2)c(C)c1.